The van der Waals surface area contributed by atoms with E-state index in [0.717, 1.165) is 42.6 Å². The van der Waals surface area contributed by atoms with Gasteiger partial charge in [-0.1, -0.05) is 30.8 Å². The fraction of sp³-hybridized carbons (Fsp3) is 0.500. The van der Waals surface area contributed by atoms with Gasteiger partial charge in [-0.25, -0.2) is 4.98 Å². The third-order valence-electron chi connectivity index (χ3n) is 5.91. The summed E-state index contributed by atoms with van der Waals surface area (Å²) in [5.41, 5.74) is 4.06. The topological polar surface area (TPSA) is 58.4 Å². The Bertz CT molecular complexity index is 979. The average Bonchev–Trinajstić information content (AvgIpc) is 2.73. The number of nitrogens with zero attached hydrogens (tertiary/aromatic N) is 4. The van der Waals surface area contributed by atoms with Crippen LogP contribution in [0.15, 0.2) is 34.2 Å². The van der Waals surface area contributed by atoms with Crippen LogP contribution in [-0.2, 0) is 17.8 Å². The van der Waals surface area contributed by atoms with Crippen molar-refractivity contribution >= 4 is 23.4 Å². The lowest BCUT2D eigenvalue weighted by molar-refractivity contribution is -0.135. The Hall–Kier alpha value is -2.28. The highest BCUT2D eigenvalue weighted by Crippen LogP contribution is 2.27. The molecule has 0 N–H and O–H groups in total. The maximum atomic E-state index is 13.2. The highest BCUT2D eigenvalue weighted by atomic mass is 32.2. The zero-order chi connectivity index (χ0) is 20.5. The maximum Gasteiger partial charge on any atom is 0.257 e. The molecule has 6 nitrogen and oxygen atoms in total. The Kier molecular flexibility index (Phi) is 5.67. The molecule has 29 heavy (non-hydrogen) atoms. The van der Waals surface area contributed by atoms with Crippen LogP contribution in [0.3, 0.4) is 0 Å². The van der Waals surface area contributed by atoms with Crippen molar-refractivity contribution in [3.63, 3.8) is 0 Å². The number of thioether (sulfide) groups is 1. The Morgan fingerprint density at radius 3 is 2.66 bits per heavy atom. The number of rotatable bonds is 3. The second-order valence-electron chi connectivity index (χ2n) is 7.89. The molecule has 0 saturated carbocycles. The van der Waals surface area contributed by atoms with Crippen LogP contribution in [-0.4, -0.2) is 52.3 Å². The number of aromatic nitrogens is 2. The Morgan fingerprint density at radius 1 is 1.21 bits per heavy atom. The number of carbonyl (C=O) groups excluding carboxylic acids is 1. The molecule has 0 aliphatic carbocycles. The molecule has 0 spiro atoms. The molecule has 1 saturated heterocycles. The zero-order valence-electron chi connectivity index (χ0n) is 17.4. The van der Waals surface area contributed by atoms with Crippen LogP contribution in [0.1, 0.15) is 23.7 Å². The molecule has 2 aliphatic heterocycles. The van der Waals surface area contributed by atoms with Gasteiger partial charge in [0.05, 0.1) is 5.92 Å². The van der Waals surface area contributed by atoms with E-state index in [1.54, 1.807) is 4.57 Å². The number of benzene rings is 1. The van der Waals surface area contributed by atoms with Gasteiger partial charge >= 0.3 is 0 Å². The molecule has 1 amide bonds. The van der Waals surface area contributed by atoms with Crippen molar-refractivity contribution < 1.29 is 4.79 Å². The lowest BCUT2D eigenvalue weighted by Crippen LogP contribution is -2.52. The molecule has 7 heteroatoms. The number of hydrogen-bond acceptors (Lipinski definition) is 5. The minimum atomic E-state index is -0.162. The lowest BCUT2D eigenvalue weighted by atomic mass is 10.1. The van der Waals surface area contributed by atoms with E-state index in [2.05, 4.69) is 41.1 Å². The molecule has 4 rings (SSSR count). The van der Waals surface area contributed by atoms with E-state index in [1.165, 1.54) is 23.0 Å². The lowest BCUT2D eigenvalue weighted by Gasteiger charge is -2.38. The third-order valence-corrected chi connectivity index (χ3v) is 7.05. The summed E-state index contributed by atoms with van der Waals surface area (Å²) >= 11 is 1.53. The molecular weight excluding hydrogens is 384 g/mol. The van der Waals surface area contributed by atoms with Gasteiger partial charge in [-0.05, 0) is 38.0 Å². The van der Waals surface area contributed by atoms with Crippen molar-refractivity contribution in [1.29, 1.82) is 0 Å². The predicted molar refractivity (Wildman–Crippen MR) is 117 cm³/mol. The molecule has 2 aromatic rings. The number of aryl methyl sites for hydroxylation is 2. The van der Waals surface area contributed by atoms with E-state index in [-0.39, 0.29) is 17.4 Å². The van der Waals surface area contributed by atoms with Gasteiger partial charge in [0.25, 0.3) is 5.56 Å². The maximum absolute atomic E-state index is 13.2. The summed E-state index contributed by atoms with van der Waals surface area (Å²) in [5, 5.41) is 0.748. The molecule has 1 fully saturated rings. The van der Waals surface area contributed by atoms with Gasteiger partial charge < -0.3 is 9.80 Å². The van der Waals surface area contributed by atoms with Crippen molar-refractivity contribution in [1.82, 2.24) is 14.5 Å². The minimum Gasteiger partial charge on any atom is -0.368 e. The normalized spacial score (nSPS) is 19.2. The van der Waals surface area contributed by atoms with Gasteiger partial charge in [0.2, 0.25) is 5.91 Å². The summed E-state index contributed by atoms with van der Waals surface area (Å²) in [6, 6.07) is 8.51. The van der Waals surface area contributed by atoms with Crippen LogP contribution in [0.25, 0.3) is 0 Å². The van der Waals surface area contributed by atoms with Crippen LogP contribution in [0, 0.1) is 19.8 Å². The van der Waals surface area contributed by atoms with Crippen molar-refractivity contribution in [2.45, 2.75) is 38.9 Å². The largest absolute Gasteiger partial charge is 0.368 e. The molecule has 1 unspecified atom stereocenters. The standard InChI is InChI=1S/C22H28N4O2S/c1-4-19-16(3)23-22-26(21(19)28)13-17(14-29-22)20(27)25-10-8-24(9-11-25)18-7-5-6-15(2)12-18/h5-7,12,17H,4,8-11,13-14H2,1-3H3. The number of fused-ring (bicyclic) bond motifs is 1. The second-order valence-corrected chi connectivity index (χ2v) is 8.87. The third kappa shape index (κ3) is 3.92. The van der Waals surface area contributed by atoms with Crippen LogP contribution in [0.4, 0.5) is 5.69 Å². The monoisotopic (exact) mass is 412 g/mol. The van der Waals surface area contributed by atoms with Crippen LogP contribution < -0.4 is 10.5 Å². The van der Waals surface area contributed by atoms with Crippen LogP contribution >= 0.6 is 11.8 Å². The highest BCUT2D eigenvalue weighted by Gasteiger charge is 2.32. The molecule has 1 aromatic heterocycles. The van der Waals surface area contributed by atoms with Gasteiger partial charge in [0.1, 0.15) is 0 Å². The van der Waals surface area contributed by atoms with Gasteiger partial charge in [-0.2, -0.15) is 0 Å². The first kappa shape index (κ1) is 20.0. The minimum absolute atomic E-state index is 0.0178. The van der Waals surface area contributed by atoms with Gasteiger partial charge in [-0.15, -0.1) is 0 Å². The molecule has 1 atom stereocenters. The molecule has 3 heterocycles. The van der Waals surface area contributed by atoms with Gasteiger partial charge in [0.15, 0.2) is 5.16 Å². The van der Waals surface area contributed by atoms with Crippen molar-refractivity contribution in [2.75, 3.05) is 36.8 Å². The summed E-state index contributed by atoms with van der Waals surface area (Å²) in [7, 11) is 0. The van der Waals surface area contributed by atoms with E-state index in [9.17, 15) is 9.59 Å². The van der Waals surface area contributed by atoms with E-state index >= 15 is 0 Å². The SMILES string of the molecule is CCc1c(C)nc2n(c1=O)CC(C(=O)N1CCN(c3cccc(C)c3)CC1)CS2. The summed E-state index contributed by atoms with van der Waals surface area (Å²) in [6.45, 7) is 9.54. The Balaban J connectivity index is 1.43. The fourth-order valence-electron chi connectivity index (χ4n) is 4.22. The average molecular weight is 413 g/mol. The fourth-order valence-corrected chi connectivity index (χ4v) is 5.33. The van der Waals surface area contributed by atoms with E-state index in [4.69, 9.17) is 0 Å². The number of piperazine rings is 1. The Labute approximate surface area is 175 Å². The first-order valence-corrected chi connectivity index (χ1v) is 11.3. The summed E-state index contributed by atoms with van der Waals surface area (Å²) in [6.07, 6.45) is 0.669. The Morgan fingerprint density at radius 2 is 1.97 bits per heavy atom. The van der Waals surface area contributed by atoms with Crippen molar-refractivity contribution in [2.24, 2.45) is 5.92 Å². The van der Waals surface area contributed by atoms with Crippen molar-refractivity contribution in [3.05, 3.63) is 51.4 Å². The number of amides is 1. The summed E-state index contributed by atoms with van der Waals surface area (Å²) in [4.78, 5) is 34.9. The van der Waals surface area contributed by atoms with Crippen LogP contribution in [0.5, 0.6) is 0 Å². The zero-order valence-corrected chi connectivity index (χ0v) is 18.2. The first-order valence-electron chi connectivity index (χ1n) is 10.3. The van der Waals surface area contributed by atoms with Gasteiger partial charge in [0, 0.05) is 55.4 Å². The predicted octanol–water partition coefficient (Wildman–Crippen LogP) is 2.49. The quantitative estimate of drug-likeness (QED) is 0.725. The smallest absolute Gasteiger partial charge is 0.257 e. The van der Waals surface area contributed by atoms with Gasteiger partial charge in [-0.3, -0.25) is 14.2 Å². The van der Waals surface area contributed by atoms with Crippen molar-refractivity contribution in [3.8, 4) is 0 Å². The highest BCUT2D eigenvalue weighted by molar-refractivity contribution is 7.99. The van der Waals surface area contributed by atoms with E-state index in [1.807, 2.05) is 18.7 Å². The molecule has 1 aromatic carbocycles. The number of anilines is 1. The molecule has 0 bridgehead atoms. The molecule has 154 valence electrons. The molecular formula is C22H28N4O2S. The molecule has 0 radical (unpaired) electrons. The summed E-state index contributed by atoms with van der Waals surface area (Å²) in [5.74, 6) is 0.691. The number of carbonyl (C=O) groups is 1. The second kappa shape index (κ2) is 8.22. The van der Waals surface area contributed by atoms with E-state index < -0.39 is 0 Å². The summed E-state index contributed by atoms with van der Waals surface area (Å²) < 4.78 is 1.71. The van der Waals surface area contributed by atoms with E-state index in [0.29, 0.717) is 18.7 Å². The molecule has 2 aliphatic rings. The number of hydrogen-bond donors (Lipinski definition) is 0. The first-order chi connectivity index (χ1) is 14.0. The van der Waals surface area contributed by atoms with Crippen LogP contribution in [0.2, 0.25) is 0 Å².